The van der Waals surface area contributed by atoms with Crippen LogP contribution in [0.4, 0.5) is 0 Å². The van der Waals surface area contributed by atoms with Gasteiger partial charge in [-0.3, -0.25) is 14.3 Å². The van der Waals surface area contributed by atoms with E-state index in [0.717, 1.165) is 46.2 Å². The van der Waals surface area contributed by atoms with Crippen molar-refractivity contribution in [3.05, 3.63) is 121 Å². The zero-order valence-electron chi connectivity index (χ0n) is 19.7. The summed E-state index contributed by atoms with van der Waals surface area (Å²) in [6.45, 7) is 6.64. The summed E-state index contributed by atoms with van der Waals surface area (Å²) >= 11 is 0. The van der Waals surface area contributed by atoms with Gasteiger partial charge in [-0.05, 0) is 20.3 Å². The van der Waals surface area contributed by atoms with Crippen molar-refractivity contribution >= 4 is 0 Å². The van der Waals surface area contributed by atoms with Gasteiger partial charge in [0.1, 0.15) is 5.56 Å². The molecule has 0 amide bonds. The van der Waals surface area contributed by atoms with Crippen molar-refractivity contribution in [3.63, 3.8) is 0 Å². The van der Waals surface area contributed by atoms with Gasteiger partial charge in [0.15, 0.2) is 5.60 Å². The van der Waals surface area contributed by atoms with Crippen molar-refractivity contribution in [2.45, 2.75) is 45.8 Å². The molecule has 2 heterocycles. The molecule has 5 heteroatoms. The number of aryl methyl sites for hydroxylation is 2. The first-order valence-electron chi connectivity index (χ1n) is 11.8. The largest absolute Gasteiger partial charge is 0.457 e. The van der Waals surface area contributed by atoms with Crippen LogP contribution in [0.5, 0.6) is 5.88 Å². The molecular weight excluding hydrogens is 424 g/mol. The lowest BCUT2D eigenvalue weighted by atomic mass is 9.75. The fourth-order valence-electron chi connectivity index (χ4n) is 4.79. The number of aromatic amines is 1. The van der Waals surface area contributed by atoms with E-state index in [9.17, 15) is 9.59 Å². The minimum atomic E-state index is -1.01. The minimum absolute atomic E-state index is 0.321. The number of rotatable bonds is 5. The zero-order valence-corrected chi connectivity index (χ0v) is 19.7. The molecule has 0 aliphatic carbocycles. The highest BCUT2D eigenvalue weighted by Gasteiger charge is 2.46. The molecule has 0 radical (unpaired) electrons. The van der Waals surface area contributed by atoms with Crippen LogP contribution in [0.3, 0.4) is 0 Å². The summed E-state index contributed by atoms with van der Waals surface area (Å²) in [7, 11) is 0. The maximum Gasteiger partial charge on any atom is 0.331 e. The molecular formula is C29H28N2O3. The first-order chi connectivity index (χ1) is 16.5. The molecule has 0 atom stereocenters. The predicted molar refractivity (Wildman–Crippen MR) is 135 cm³/mol. The number of unbranched alkanes of at least 4 members (excludes halogenated alkanes) is 1. The number of fused-ring (bicyclic) bond motifs is 3. The Morgan fingerprint density at radius 1 is 0.853 bits per heavy atom. The van der Waals surface area contributed by atoms with Crippen LogP contribution in [-0.2, 0) is 12.1 Å². The second-order valence-electron chi connectivity index (χ2n) is 9.01. The molecule has 0 saturated heterocycles. The fraction of sp³-hybridized carbons (Fsp3) is 0.241. The smallest absolute Gasteiger partial charge is 0.331 e. The van der Waals surface area contributed by atoms with Crippen molar-refractivity contribution < 1.29 is 4.74 Å². The van der Waals surface area contributed by atoms with E-state index in [0.29, 0.717) is 18.0 Å². The van der Waals surface area contributed by atoms with Gasteiger partial charge in [0.25, 0.3) is 5.56 Å². The van der Waals surface area contributed by atoms with Crippen LogP contribution in [0.25, 0.3) is 11.1 Å². The summed E-state index contributed by atoms with van der Waals surface area (Å²) < 4.78 is 8.51. The molecule has 1 aliphatic heterocycles. The molecule has 4 aromatic rings. The summed E-state index contributed by atoms with van der Waals surface area (Å²) in [5.41, 5.74) is 4.33. The topological polar surface area (TPSA) is 64.1 Å². The Kier molecular flexibility index (Phi) is 5.48. The lowest BCUT2D eigenvalue weighted by Gasteiger charge is -2.41. The highest BCUT2D eigenvalue weighted by Crippen LogP contribution is 2.50. The third-order valence-corrected chi connectivity index (χ3v) is 6.63. The zero-order chi connectivity index (χ0) is 23.9. The van der Waals surface area contributed by atoms with E-state index in [1.165, 1.54) is 0 Å². The lowest BCUT2D eigenvalue weighted by molar-refractivity contribution is 0.133. The fourth-order valence-corrected chi connectivity index (χ4v) is 4.79. The van der Waals surface area contributed by atoms with Crippen LogP contribution in [0.15, 0.2) is 82.4 Å². The van der Waals surface area contributed by atoms with E-state index in [1.54, 1.807) is 4.57 Å². The number of aromatic nitrogens is 2. The molecule has 0 unspecified atom stereocenters. The number of H-pyrrole nitrogens is 1. The van der Waals surface area contributed by atoms with Gasteiger partial charge in [-0.2, -0.15) is 0 Å². The normalized spacial score (nSPS) is 13.6. The Morgan fingerprint density at radius 2 is 1.44 bits per heavy atom. The number of benzene rings is 3. The summed E-state index contributed by atoms with van der Waals surface area (Å²) in [6, 6.07) is 24.4. The molecule has 0 bridgehead atoms. The summed E-state index contributed by atoms with van der Waals surface area (Å²) in [5.74, 6) is 0.321. The molecule has 3 aromatic carbocycles. The Bertz CT molecular complexity index is 1420. The molecule has 5 nitrogen and oxygen atoms in total. The van der Waals surface area contributed by atoms with Crippen molar-refractivity contribution in [3.8, 4) is 17.0 Å². The Morgan fingerprint density at radius 3 is 2.03 bits per heavy atom. The minimum Gasteiger partial charge on any atom is -0.457 e. The van der Waals surface area contributed by atoms with Gasteiger partial charge in [0.2, 0.25) is 5.88 Å². The van der Waals surface area contributed by atoms with Gasteiger partial charge in [-0.15, -0.1) is 0 Å². The van der Waals surface area contributed by atoms with E-state index < -0.39 is 16.9 Å². The monoisotopic (exact) mass is 452 g/mol. The van der Waals surface area contributed by atoms with E-state index >= 15 is 0 Å². The third-order valence-electron chi connectivity index (χ3n) is 6.63. The van der Waals surface area contributed by atoms with Crippen LogP contribution < -0.4 is 16.0 Å². The quantitative estimate of drug-likeness (QED) is 0.447. The molecule has 5 rings (SSSR count). The van der Waals surface area contributed by atoms with Crippen LogP contribution >= 0.6 is 0 Å². The van der Waals surface area contributed by atoms with Gasteiger partial charge in [0.05, 0.1) is 0 Å². The second kappa shape index (κ2) is 8.49. The molecule has 1 N–H and O–H groups in total. The van der Waals surface area contributed by atoms with E-state index in [4.69, 9.17) is 4.74 Å². The van der Waals surface area contributed by atoms with Gasteiger partial charge < -0.3 is 4.74 Å². The molecule has 34 heavy (non-hydrogen) atoms. The van der Waals surface area contributed by atoms with Crippen LogP contribution in [0.1, 0.15) is 47.6 Å². The average molecular weight is 453 g/mol. The SMILES string of the molecule is CCCCn1c2c(c(=O)[nH]c1=O)-c1ccccc1C(c1ccc(C)cc1)(c1ccc(C)cc1)O2. The molecule has 0 spiro atoms. The summed E-state index contributed by atoms with van der Waals surface area (Å²) in [4.78, 5) is 28.5. The standard InChI is InChI=1S/C29H28N2O3/c1-4-5-18-31-27-25(26(32)30-28(31)33)23-8-6-7-9-24(23)29(34-27,21-14-10-19(2)11-15-21)22-16-12-20(3)13-17-22/h6-17H,4-5,18H2,1-3H3,(H,30,32,33). The number of ether oxygens (including phenoxy) is 1. The Hall–Kier alpha value is -3.86. The highest BCUT2D eigenvalue weighted by atomic mass is 16.5. The summed E-state index contributed by atoms with van der Waals surface area (Å²) in [5, 5.41) is 0. The Labute approximate surface area is 198 Å². The predicted octanol–water partition coefficient (Wildman–Crippen LogP) is 5.30. The van der Waals surface area contributed by atoms with Gasteiger partial charge >= 0.3 is 5.69 Å². The van der Waals surface area contributed by atoms with Gasteiger partial charge in [0, 0.05) is 28.8 Å². The second-order valence-corrected chi connectivity index (χ2v) is 9.01. The number of nitrogens with zero attached hydrogens (tertiary/aromatic N) is 1. The van der Waals surface area contributed by atoms with Gasteiger partial charge in [-0.1, -0.05) is 97.3 Å². The third kappa shape index (κ3) is 3.39. The average Bonchev–Trinajstić information content (AvgIpc) is 2.84. The number of hydrogen-bond acceptors (Lipinski definition) is 3. The van der Waals surface area contributed by atoms with Gasteiger partial charge in [-0.25, -0.2) is 4.79 Å². The van der Waals surface area contributed by atoms with E-state index in [-0.39, 0.29) is 0 Å². The molecule has 1 aromatic heterocycles. The van der Waals surface area contributed by atoms with Crippen molar-refractivity contribution in [1.29, 1.82) is 0 Å². The van der Waals surface area contributed by atoms with E-state index in [2.05, 4.69) is 74.3 Å². The number of hydrogen-bond donors (Lipinski definition) is 1. The highest BCUT2D eigenvalue weighted by molar-refractivity contribution is 5.77. The first kappa shape index (κ1) is 22.0. The van der Waals surface area contributed by atoms with Crippen LogP contribution in [0, 0.1) is 13.8 Å². The van der Waals surface area contributed by atoms with Crippen LogP contribution in [-0.4, -0.2) is 9.55 Å². The van der Waals surface area contributed by atoms with Crippen molar-refractivity contribution in [1.82, 2.24) is 9.55 Å². The molecule has 0 saturated carbocycles. The Balaban J connectivity index is 1.90. The van der Waals surface area contributed by atoms with Crippen LogP contribution in [0.2, 0.25) is 0 Å². The molecule has 1 aliphatic rings. The first-order valence-corrected chi connectivity index (χ1v) is 11.8. The summed E-state index contributed by atoms with van der Waals surface area (Å²) in [6.07, 6.45) is 1.71. The maximum atomic E-state index is 13.1. The lowest BCUT2D eigenvalue weighted by Crippen LogP contribution is -2.43. The van der Waals surface area contributed by atoms with E-state index in [1.807, 2.05) is 24.3 Å². The maximum absolute atomic E-state index is 13.1. The van der Waals surface area contributed by atoms with Crippen molar-refractivity contribution in [2.24, 2.45) is 0 Å². The molecule has 172 valence electrons. The number of nitrogens with one attached hydrogen (secondary N) is 1. The van der Waals surface area contributed by atoms with Crippen molar-refractivity contribution in [2.75, 3.05) is 0 Å². The molecule has 0 fully saturated rings.